The quantitative estimate of drug-likeness (QED) is 0.792. The first kappa shape index (κ1) is 15.8. The lowest BCUT2D eigenvalue weighted by molar-refractivity contribution is 0.199. The van der Waals surface area contributed by atoms with Crippen LogP contribution in [0.15, 0.2) is 24.3 Å². The molecule has 1 fully saturated rings. The first-order chi connectivity index (χ1) is 10.0. The third-order valence-corrected chi connectivity index (χ3v) is 4.72. The normalized spacial score (nSPS) is 26.4. The van der Waals surface area contributed by atoms with Crippen LogP contribution in [0.1, 0.15) is 51.7 Å². The highest BCUT2D eigenvalue weighted by Crippen LogP contribution is 2.33. The minimum Gasteiger partial charge on any atom is -0.389 e. The summed E-state index contributed by atoms with van der Waals surface area (Å²) in [6, 6.07) is 7.40. The standard InChI is InChI=1S/C17H26N2O2/c1-4-13-7-10-16(11(13)2)19-17(21)18-15-8-5-14(6-9-15)12(3)20/h5-6,8-9,11-13,16,20H,4,7,10H2,1-3H3,(H2,18,19,21). The topological polar surface area (TPSA) is 61.4 Å². The predicted octanol–water partition coefficient (Wildman–Crippen LogP) is 3.69. The molecule has 4 atom stereocenters. The highest BCUT2D eigenvalue weighted by molar-refractivity contribution is 5.89. The van der Waals surface area contributed by atoms with Crippen molar-refractivity contribution in [1.82, 2.24) is 5.32 Å². The van der Waals surface area contributed by atoms with Crippen molar-refractivity contribution < 1.29 is 9.90 Å². The number of amides is 2. The van der Waals surface area contributed by atoms with Crippen LogP contribution < -0.4 is 10.6 Å². The second-order valence-corrected chi connectivity index (χ2v) is 6.11. The molecule has 4 heteroatoms. The van der Waals surface area contributed by atoms with Crippen LogP contribution >= 0.6 is 0 Å². The summed E-state index contributed by atoms with van der Waals surface area (Å²) in [5.41, 5.74) is 1.59. The first-order valence-electron chi connectivity index (χ1n) is 7.86. The molecular formula is C17H26N2O2. The Bertz CT molecular complexity index is 470. The second kappa shape index (κ2) is 6.94. The molecule has 1 aliphatic carbocycles. The van der Waals surface area contributed by atoms with E-state index in [0.29, 0.717) is 5.92 Å². The molecule has 0 aromatic heterocycles. The molecule has 1 saturated carbocycles. The molecule has 2 rings (SSSR count). The van der Waals surface area contributed by atoms with E-state index in [9.17, 15) is 9.90 Å². The van der Waals surface area contributed by atoms with Gasteiger partial charge in [-0.3, -0.25) is 0 Å². The van der Waals surface area contributed by atoms with E-state index in [0.717, 1.165) is 23.6 Å². The van der Waals surface area contributed by atoms with Gasteiger partial charge in [-0.25, -0.2) is 4.79 Å². The molecule has 4 nitrogen and oxygen atoms in total. The number of carbonyl (C=O) groups is 1. The van der Waals surface area contributed by atoms with Gasteiger partial charge in [0.15, 0.2) is 0 Å². The minimum absolute atomic E-state index is 0.145. The van der Waals surface area contributed by atoms with E-state index in [2.05, 4.69) is 24.5 Å². The number of carbonyl (C=O) groups excluding carboxylic acids is 1. The largest absolute Gasteiger partial charge is 0.389 e. The minimum atomic E-state index is -0.488. The van der Waals surface area contributed by atoms with Gasteiger partial charge >= 0.3 is 6.03 Å². The number of nitrogens with one attached hydrogen (secondary N) is 2. The molecule has 1 aliphatic rings. The Morgan fingerprint density at radius 3 is 2.52 bits per heavy atom. The number of urea groups is 1. The van der Waals surface area contributed by atoms with Crippen LogP contribution in [0.5, 0.6) is 0 Å². The number of benzene rings is 1. The summed E-state index contributed by atoms with van der Waals surface area (Å²) in [4.78, 5) is 12.1. The second-order valence-electron chi connectivity index (χ2n) is 6.11. The summed E-state index contributed by atoms with van der Waals surface area (Å²) >= 11 is 0. The Labute approximate surface area is 126 Å². The third-order valence-electron chi connectivity index (χ3n) is 4.72. The summed E-state index contributed by atoms with van der Waals surface area (Å²) in [6.07, 6.45) is 2.96. The SMILES string of the molecule is CCC1CCC(NC(=O)Nc2ccc(C(C)O)cc2)C1C. The molecule has 0 spiro atoms. The van der Waals surface area contributed by atoms with Gasteiger partial charge in [-0.2, -0.15) is 0 Å². The van der Waals surface area contributed by atoms with Crippen LogP contribution in [-0.2, 0) is 0 Å². The van der Waals surface area contributed by atoms with Crippen molar-refractivity contribution >= 4 is 11.7 Å². The monoisotopic (exact) mass is 290 g/mol. The van der Waals surface area contributed by atoms with E-state index >= 15 is 0 Å². The molecule has 0 radical (unpaired) electrons. The van der Waals surface area contributed by atoms with Crippen molar-refractivity contribution in [3.8, 4) is 0 Å². The number of hydrogen-bond acceptors (Lipinski definition) is 2. The van der Waals surface area contributed by atoms with Gasteiger partial charge in [0.05, 0.1) is 6.10 Å². The van der Waals surface area contributed by atoms with Gasteiger partial charge in [0, 0.05) is 11.7 Å². The van der Waals surface area contributed by atoms with Crippen molar-refractivity contribution in [2.75, 3.05) is 5.32 Å². The molecule has 2 amide bonds. The van der Waals surface area contributed by atoms with Crippen molar-refractivity contribution in [3.05, 3.63) is 29.8 Å². The van der Waals surface area contributed by atoms with E-state index in [4.69, 9.17) is 0 Å². The molecule has 21 heavy (non-hydrogen) atoms. The predicted molar refractivity (Wildman–Crippen MR) is 85.2 cm³/mol. The van der Waals surface area contributed by atoms with Crippen LogP contribution in [-0.4, -0.2) is 17.2 Å². The van der Waals surface area contributed by atoms with Gasteiger partial charge in [-0.15, -0.1) is 0 Å². The molecule has 0 bridgehead atoms. The molecule has 116 valence electrons. The number of hydrogen-bond donors (Lipinski definition) is 3. The fraction of sp³-hybridized carbons (Fsp3) is 0.588. The zero-order chi connectivity index (χ0) is 15.4. The third kappa shape index (κ3) is 3.97. The molecule has 3 N–H and O–H groups in total. The van der Waals surface area contributed by atoms with E-state index in [1.165, 1.54) is 12.8 Å². The Morgan fingerprint density at radius 2 is 2.00 bits per heavy atom. The average molecular weight is 290 g/mol. The molecule has 1 aromatic carbocycles. The molecule has 0 aliphatic heterocycles. The van der Waals surface area contributed by atoms with Gasteiger partial charge in [0.25, 0.3) is 0 Å². The lowest BCUT2D eigenvalue weighted by Gasteiger charge is -2.21. The van der Waals surface area contributed by atoms with E-state index in [1.807, 2.05) is 24.3 Å². The zero-order valence-electron chi connectivity index (χ0n) is 13.1. The Hall–Kier alpha value is -1.55. The van der Waals surface area contributed by atoms with Crippen molar-refractivity contribution in [3.63, 3.8) is 0 Å². The van der Waals surface area contributed by atoms with Crippen molar-refractivity contribution in [2.45, 2.75) is 52.2 Å². The van der Waals surface area contributed by atoms with E-state index in [1.54, 1.807) is 6.92 Å². The van der Waals surface area contributed by atoms with E-state index in [-0.39, 0.29) is 12.1 Å². The fourth-order valence-electron chi connectivity index (χ4n) is 3.21. The first-order valence-corrected chi connectivity index (χ1v) is 7.86. The Kier molecular flexibility index (Phi) is 5.23. The van der Waals surface area contributed by atoms with Crippen molar-refractivity contribution in [1.29, 1.82) is 0 Å². The Morgan fingerprint density at radius 1 is 1.33 bits per heavy atom. The van der Waals surface area contributed by atoms with Crippen LogP contribution in [0.4, 0.5) is 10.5 Å². The maximum absolute atomic E-state index is 12.1. The highest BCUT2D eigenvalue weighted by Gasteiger charge is 2.32. The summed E-state index contributed by atoms with van der Waals surface area (Å²) in [5.74, 6) is 1.26. The van der Waals surface area contributed by atoms with Crippen LogP contribution in [0.2, 0.25) is 0 Å². The fourth-order valence-corrected chi connectivity index (χ4v) is 3.21. The molecule has 4 unspecified atom stereocenters. The summed E-state index contributed by atoms with van der Waals surface area (Å²) < 4.78 is 0. The number of aliphatic hydroxyl groups excluding tert-OH is 1. The van der Waals surface area contributed by atoms with E-state index < -0.39 is 6.10 Å². The van der Waals surface area contributed by atoms with Crippen LogP contribution in [0.3, 0.4) is 0 Å². The number of rotatable bonds is 4. The number of anilines is 1. The van der Waals surface area contributed by atoms with Gasteiger partial charge < -0.3 is 15.7 Å². The molecule has 0 heterocycles. The molecular weight excluding hydrogens is 264 g/mol. The summed E-state index contributed by atoms with van der Waals surface area (Å²) in [6.45, 7) is 6.16. The van der Waals surface area contributed by atoms with Crippen LogP contribution in [0, 0.1) is 11.8 Å². The number of aliphatic hydroxyl groups is 1. The summed E-state index contributed by atoms with van der Waals surface area (Å²) in [5, 5.41) is 15.4. The van der Waals surface area contributed by atoms with Crippen molar-refractivity contribution in [2.24, 2.45) is 11.8 Å². The lowest BCUT2D eigenvalue weighted by Crippen LogP contribution is -2.40. The highest BCUT2D eigenvalue weighted by atomic mass is 16.3. The van der Waals surface area contributed by atoms with Gasteiger partial charge in [0.2, 0.25) is 0 Å². The van der Waals surface area contributed by atoms with Gasteiger partial charge in [-0.1, -0.05) is 32.4 Å². The maximum Gasteiger partial charge on any atom is 0.319 e. The average Bonchev–Trinajstić information content (AvgIpc) is 2.80. The molecule has 0 saturated heterocycles. The molecule has 1 aromatic rings. The Balaban J connectivity index is 1.87. The smallest absolute Gasteiger partial charge is 0.319 e. The van der Waals surface area contributed by atoms with Crippen LogP contribution in [0.25, 0.3) is 0 Å². The summed E-state index contributed by atoms with van der Waals surface area (Å²) in [7, 11) is 0. The zero-order valence-corrected chi connectivity index (χ0v) is 13.1. The van der Waals surface area contributed by atoms with Gasteiger partial charge in [0.1, 0.15) is 0 Å². The lowest BCUT2D eigenvalue weighted by atomic mass is 9.94. The van der Waals surface area contributed by atoms with Gasteiger partial charge in [-0.05, 0) is 49.3 Å². The maximum atomic E-state index is 12.1.